The van der Waals surface area contributed by atoms with Gasteiger partial charge in [-0.3, -0.25) is 25.0 Å². The van der Waals surface area contributed by atoms with Crippen LogP contribution in [0.1, 0.15) is 11.1 Å². The Bertz CT molecular complexity index is 1190. The lowest BCUT2D eigenvalue weighted by molar-refractivity contribution is -0.385. The van der Waals surface area contributed by atoms with Crippen LogP contribution in [0.5, 0.6) is 11.6 Å². The molecule has 154 valence electrons. The van der Waals surface area contributed by atoms with E-state index >= 15 is 0 Å². The van der Waals surface area contributed by atoms with E-state index in [1.54, 1.807) is 13.8 Å². The summed E-state index contributed by atoms with van der Waals surface area (Å²) in [5, 5.41) is 39.2. The molecule has 2 N–H and O–H groups in total. The summed E-state index contributed by atoms with van der Waals surface area (Å²) >= 11 is 0. The topological polar surface area (TPSA) is 173 Å². The van der Waals surface area contributed by atoms with Crippen molar-refractivity contribution in [2.75, 3.05) is 6.61 Å². The first kappa shape index (κ1) is 20.4. The largest absolute Gasteiger partial charge is 0.493 e. The van der Waals surface area contributed by atoms with Crippen molar-refractivity contribution >= 4 is 33.9 Å². The second kappa shape index (κ2) is 7.95. The lowest BCUT2D eigenvalue weighted by atomic mass is 10.1. The number of benzene rings is 2. The molecule has 2 aromatic carbocycles. The normalized spacial score (nSPS) is 11.1. The van der Waals surface area contributed by atoms with Crippen molar-refractivity contribution in [1.82, 2.24) is 4.98 Å². The number of amides is 1. The molecule has 0 saturated heterocycles. The van der Waals surface area contributed by atoms with Crippen LogP contribution < -0.4 is 4.74 Å². The van der Waals surface area contributed by atoms with E-state index in [4.69, 9.17) is 4.74 Å². The highest BCUT2D eigenvalue weighted by atomic mass is 16.6. The molecule has 0 bridgehead atoms. The third-order valence-corrected chi connectivity index (χ3v) is 4.20. The standard InChI is InChI=1S/C18H15N5O7/c1-9-5-12(23(28)29)6-10(2)17(9)30-8-15(24)20-21-16-13-7-11(22(26)27)3-4-14(13)19-18(16)25/h3-7,19,25H,8H2,1-2H3. The van der Waals surface area contributed by atoms with Gasteiger partial charge in [0.25, 0.3) is 11.4 Å². The van der Waals surface area contributed by atoms with Gasteiger partial charge in [0, 0.05) is 29.7 Å². The Morgan fingerprint density at radius 3 is 2.33 bits per heavy atom. The number of azo groups is 1. The van der Waals surface area contributed by atoms with Gasteiger partial charge in [-0.1, -0.05) is 0 Å². The van der Waals surface area contributed by atoms with Crippen molar-refractivity contribution in [3.8, 4) is 11.6 Å². The average molecular weight is 413 g/mol. The SMILES string of the molecule is Cc1cc([N+](=O)[O-])cc(C)c1OCC(=O)N=Nc1c(O)[nH]c2ccc([N+](=O)[O-])cc12. The third-order valence-electron chi connectivity index (χ3n) is 4.20. The maximum atomic E-state index is 12.0. The Morgan fingerprint density at radius 1 is 1.10 bits per heavy atom. The Morgan fingerprint density at radius 2 is 1.73 bits per heavy atom. The summed E-state index contributed by atoms with van der Waals surface area (Å²) in [6.45, 7) is 2.72. The van der Waals surface area contributed by atoms with Crippen LogP contribution in [0, 0.1) is 34.1 Å². The van der Waals surface area contributed by atoms with Crippen molar-refractivity contribution in [3.63, 3.8) is 0 Å². The number of ether oxygens (including phenoxy) is 1. The van der Waals surface area contributed by atoms with Crippen LogP contribution in [0.2, 0.25) is 0 Å². The highest BCUT2D eigenvalue weighted by Gasteiger charge is 2.16. The van der Waals surface area contributed by atoms with Crippen LogP contribution in [0.3, 0.4) is 0 Å². The van der Waals surface area contributed by atoms with Crippen molar-refractivity contribution in [2.45, 2.75) is 13.8 Å². The summed E-state index contributed by atoms with van der Waals surface area (Å²) in [5.41, 5.74) is 0.919. The Balaban J connectivity index is 1.77. The molecule has 1 amide bonds. The first-order valence-electron chi connectivity index (χ1n) is 8.49. The first-order valence-corrected chi connectivity index (χ1v) is 8.49. The van der Waals surface area contributed by atoms with Crippen LogP contribution in [-0.4, -0.2) is 32.5 Å². The lowest BCUT2D eigenvalue weighted by Gasteiger charge is -2.10. The van der Waals surface area contributed by atoms with Gasteiger partial charge in [-0.2, -0.15) is 0 Å². The summed E-state index contributed by atoms with van der Waals surface area (Å²) in [5.74, 6) is -0.869. The average Bonchev–Trinajstić information content (AvgIpc) is 2.99. The number of hydrogen-bond acceptors (Lipinski definition) is 8. The zero-order valence-electron chi connectivity index (χ0n) is 15.8. The Labute approximate surface area is 168 Å². The fourth-order valence-electron chi connectivity index (χ4n) is 2.90. The van der Waals surface area contributed by atoms with Gasteiger partial charge in [0.1, 0.15) is 5.75 Å². The van der Waals surface area contributed by atoms with E-state index in [-0.39, 0.29) is 22.4 Å². The molecular weight excluding hydrogens is 398 g/mol. The molecule has 1 heterocycles. The number of aromatic amines is 1. The summed E-state index contributed by atoms with van der Waals surface area (Å²) in [6, 6.07) is 6.51. The predicted molar refractivity (Wildman–Crippen MR) is 104 cm³/mol. The number of rotatable bonds is 6. The smallest absolute Gasteiger partial charge is 0.302 e. The molecule has 0 aliphatic heterocycles. The van der Waals surface area contributed by atoms with Crippen LogP contribution in [-0.2, 0) is 4.79 Å². The van der Waals surface area contributed by atoms with Crippen molar-refractivity contribution in [2.24, 2.45) is 10.2 Å². The number of H-pyrrole nitrogens is 1. The molecule has 12 nitrogen and oxygen atoms in total. The van der Waals surface area contributed by atoms with Crippen LogP contribution in [0.25, 0.3) is 10.9 Å². The molecule has 12 heteroatoms. The maximum absolute atomic E-state index is 12.0. The first-order chi connectivity index (χ1) is 14.2. The number of nitrogens with one attached hydrogen (secondary N) is 1. The molecule has 3 aromatic rings. The Kier molecular flexibility index (Phi) is 5.40. The van der Waals surface area contributed by atoms with E-state index < -0.39 is 28.2 Å². The molecule has 0 atom stereocenters. The van der Waals surface area contributed by atoms with Gasteiger partial charge < -0.3 is 14.8 Å². The molecule has 0 aliphatic rings. The minimum atomic E-state index is -0.786. The number of hydrogen-bond donors (Lipinski definition) is 2. The minimum Gasteiger partial charge on any atom is -0.493 e. The van der Waals surface area contributed by atoms with E-state index in [2.05, 4.69) is 15.2 Å². The predicted octanol–water partition coefficient (Wildman–Crippen LogP) is 4.00. The second-order valence-electron chi connectivity index (χ2n) is 6.36. The zero-order valence-corrected chi connectivity index (χ0v) is 15.8. The summed E-state index contributed by atoms with van der Waals surface area (Å²) in [4.78, 5) is 35.3. The number of aryl methyl sites for hydroxylation is 2. The number of aromatic nitrogens is 1. The molecule has 0 spiro atoms. The van der Waals surface area contributed by atoms with Gasteiger partial charge >= 0.3 is 5.91 Å². The maximum Gasteiger partial charge on any atom is 0.302 e. The molecule has 0 aliphatic carbocycles. The van der Waals surface area contributed by atoms with Crippen LogP contribution in [0.15, 0.2) is 40.6 Å². The molecule has 0 fully saturated rings. The second-order valence-corrected chi connectivity index (χ2v) is 6.36. The third kappa shape index (κ3) is 4.06. The van der Waals surface area contributed by atoms with Gasteiger partial charge in [-0.15, -0.1) is 10.2 Å². The zero-order chi connectivity index (χ0) is 22.0. The number of fused-ring (bicyclic) bond motifs is 1. The van der Waals surface area contributed by atoms with Crippen molar-refractivity contribution in [1.29, 1.82) is 0 Å². The molecule has 0 radical (unpaired) electrons. The van der Waals surface area contributed by atoms with E-state index in [1.807, 2.05) is 0 Å². The summed E-state index contributed by atoms with van der Waals surface area (Å²) in [7, 11) is 0. The number of nitro groups is 2. The number of carbonyl (C=O) groups excluding carboxylic acids is 1. The van der Waals surface area contributed by atoms with Gasteiger partial charge in [-0.05, 0) is 31.0 Å². The fourth-order valence-corrected chi connectivity index (χ4v) is 2.90. The summed E-state index contributed by atoms with van der Waals surface area (Å²) in [6.07, 6.45) is 0. The lowest BCUT2D eigenvalue weighted by Crippen LogP contribution is -2.09. The van der Waals surface area contributed by atoms with E-state index in [1.165, 1.54) is 30.3 Å². The number of nitrogens with zero attached hydrogens (tertiary/aromatic N) is 4. The van der Waals surface area contributed by atoms with Crippen LogP contribution in [0.4, 0.5) is 17.1 Å². The number of nitro benzene ring substituents is 2. The quantitative estimate of drug-likeness (QED) is 0.349. The van der Waals surface area contributed by atoms with E-state index in [0.29, 0.717) is 22.4 Å². The van der Waals surface area contributed by atoms with Gasteiger partial charge in [0.15, 0.2) is 12.3 Å². The van der Waals surface area contributed by atoms with Gasteiger partial charge in [0.05, 0.1) is 15.4 Å². The van der Waals surface area contributed by atoms with Gasteiger partial charge in [0.2, 0.25) is 5.88 Å². The van der Waals surface area contributed by atoms with Crippen molar-refractivity contribution < 1.29 is 24.5 Å². The van der Waals surface area contributed by atoms with E-state index in [9.17, 15) is 30.1 Å². The molecule has 0 unspecified atom stereocenters. The highest BCUT2D eigenvalue weighted by molar-refractivity contribution is 5.95. The molecule has 30 heavy (non-hydrogen) atoms. The molecular formula is C18H15N5O7. The molecule has 1 aromatic heterocycles. The fraction of sp³-hybridized carbons (Fsp3) is 0.167. The molecule has 0 saturated carbocycles. The highest BCUT2D eigenvalue weighted by Crippen LogP contribution is 2.37. The number of non-ortho nitro benzene ring substituents is 2. The number of carbonyl (C=O) groups is 1. The van der Waals surface area contributed by atoms with Crippen molar-refractivity contribution in [3.05, 3.63) is 61.7 Å². The number of aromatic hydroxyl groups is 1. The van der Waals surface area contributed by atoms with E-state index in [0.717, 1.165) is 0 Å². The monoisotopic (exact) mass is 413 g/mol. The summed E-state index contributed by atoms with van der Waals surface area (Å²) < 4.78 is 5.42. The van der Waals surface area contributed by atoms with Gasteiger partial charge in [-0.25, -0.2) is 0 Å². The minimum absolute atomic E-state index is 0.0905. The molecule has 3 rings (SSSR count). The van der Waals surface area contributed by atoms with Crippen LogP contribution >= 0.6 is 0 Å². The Hall–Kier alpha value is -4.35.